The topological polar surface area (TPSA) is 52.9 Å². The number of amidine groups is 1. The quantitative estimate of drug-likeness (QED) is 0.695. The molecule has 1 heterocycles. The molecule has 0 atom stereocenters. The molecule has 0 saturated carbocycles. The average Bonchev–Trinajstić information content (AvgIpc) is 2.80. The van der Waals surface area contributed by atoms with Crippen LogP contribution < -0.4 is 0 Å². The van der Waals surface area contributed by atoms with Gasteiger partial charge in [-0.1, -0.05) is 60.7 Å². The summed E-state index contributed by atoms with van der Waals surface area (Å²) < 4.78 is 0. The summed E-state index contributed by atoms with van der Waals surface area (Å²) in [4.78, 5) is 16.9. The molecule has 0 bridgehead atoms. The number of benzene rings is 2. The van der Waals surface area contributed by atoms with Crippen LogP contribution in [0.1, 0.15) is 29.8 Å². The van der Waals surface area contributed by atoms with Crippen molar-refractivity contribution in [2.24, 2.45) is 4.99 Å². The third kappa shape index (κ3) is 2.81. The van der Waals surface area contributed by atoms with Crippen LogP contribution in [0.5, 0.6) is 0 Å². The molecule has 0 fully saturated rings. The molecular formula is C19H18N2O2. The number of nitrogens with zero attached hydrogens (tertiary/aromatic N) is 2. The average molecular weight is 306 g/mol. The van der Waals surface area contributed by atoms with Crippen LogP contribution in [-0.2, 0) is 0 Å². The van der Waals surface area contributed by atoms with E-state index in [2.05, 4.69) is 4.99 Å². The molecule has 4 nitrogen and oxygen atoms in total. The van der Waals surface area contributed by atoms with Gasteiger partial charge in [0.15, 0.2) is 11.6 Å². The van der Waals surface area contributed by atoms with Gasteiger partial charge in [-0.15, -0.1) is 0 Å². The van der Waals surface area contributed by atoms with Crippen molar-refractivity contribution in [3.63, 3.8) is 0 Å². The number of hydroxylamine groups is 2. The molecule has 0 aromatic heterocycles. The van der Waals surface area contributed by atoms with E-state index in [1.165, 1.54) is 6.08 Å². The maximum Gasteiger partial charge on any atom is 0.187 e. The van der Waals surface area contributed by atoms with Crippen molar-refractivity contribution in [2.75, 3.05) is 0 Å². The Labute approximate surface area is 135 Å². The highest BCUT2D eigenvalue weighted by molar-refractivity contribution is 6.07. The van der Waals surface area contributed by atoms with Gasteiger partial charge in [-0.05, 0) is 13.8 Å². The van der Waals surface area contributed by atoms with Crippen LogP contribution in [0.4, 0.5) is 0 Å². The van der Waals surface area contributed by atoms with Gasteiger partial charge in [-0.25, -0.2) is 10.1 Å². The smallest absolute Gasteiger partial charge is 0.187 e. The van der Waals surface area contributed by atoms with E-state index in [1.54, 1.807) is 12.1 Å². The third-order valence-electron chi connectivity index (χ3n) is 3.94. The SMILES string of the molecule is CC1(C)/C(=C/C(=O)c2ccccc2)N=C(c2ccccc2)N1O. The molecule has 1 aliphatic heterocycles. The number of ketones is 1. The lowest BCUT2D eigenvalue weighted by atomic mass is 9.99. The molecule has 2 aromatic carbocycles. The van der Waals surface area contributed by atoms with Crippen molar-refractivity contribution in [2.45, 2.75) is 19.4 Å². The molecule has 0 saturated heterocycles. The Morgan fingerprint density at radius 2 is 1.61 bits per heavy atom. The molecule has 116 valence electrons. The largest absolute Gasteiger partial charge is 0.289 e. The molecule has 1 N–H and O–H groups in total. The molecule has 23 heavy (non-hydrogen) atoms. The Morgan fingerprint density at radius 1 is 1.04 bits per heavy atom. The van der Waals surface area contributed by atoms with Crippen LogP contribution in [0.3, 0.4) is 0 Å². The van der Waals surface area contributed by atoms with Crippen molar-refractivity contribution in [3.8, 4) is 0 Å². The summed E-state index contributed by atoms with van der Waals surface area (Å²) in [5.74, 6) is 0.322. The number of aliphatic imine (C=N–C) groups is 1. The van der Waals surface area contributed by atoms with E-state index in [0.29, 0.717) is 17.1 Å². The Morgan fingerprint density at radius 3 is 2.22 bits per heavy atom. The summed E-state index contributed by atoms with van der Waals surface area (Å²) in [5, 5.41) is 11.6. The predicted octanol–water partition coefficient (Wildman–Crippen LogP) is 3.68. The summed E-state index contributed by atoms with van der Waals surface area (Å²) in [6.07, 6.45) is 1.49. The molecule has 0 unspecified atom stereocenters. The number of carbonyl (C=O) groups excluding carboxylic acids is 1. The lowest BCUT2D eigenvalue weighted by Gasteiger charge is -2.28. The van der Waals surface area contributed by atoms with Gasteiger partial charge in [0.05, 0.1) is 5.70 Å². The van der Waals surface area contributed by atoms with Crippen LogP contribution in [-0.4, -0.2) is 27.4 Å². The van der Waals surface area contributed by atoms with Crippen molar-refractivity contribution < 1.29 is 10.0 Å². The Kier molecular flexibility index (Phi) is 3.84. The molecule has 2 aromatic rings. The van der Waals surface area contributed by atoms with Crippen molar-refractivity contribution in [3.05, 3.63) is 83.6 Å². The standard InChI is InChI=1S/C19H18N2O2/c1-19(2)17(13-16(22)14-9-5-3-6-10-14)20-18(21(19)23)15-11-7-4-8-12-15/h3-13,23H,1-2H3/b17-13-. The minimum atomic E-state index is -0.768. The lowest BCUT2D eigenvalue weighted by molar-refractivity contribution is -0.0684. The van der Waals surface area contributed by atoms with E-state index in [1.807, 2.05) is 62.4 Å². The maximum absolute atomic E-state index is 12.4. The highest BCUT2D eigenvalue weighted by atomic mass is 16.5. The molecule has 3 rings (SSSR count). The molecule has 0 spiro atoms. The van der Waals surface area contributed by atoms with E-state index in [4.69, 9.17) is 0 Å². The van der Waals surface area contributed by atoms with E-state index < -0.39 is 5.54 Å². The summed E-state index contributed by atoms with van der Waals surface area (Å²) in [5.41, 5.74) is 1.17. The normalized spacial score (nSPS) is 18.1. The van der Waals surface area contributed by atoms with Gasteiger partial charge in [-0.2, -0.15) is 0 Å². The zero-order chi connectivity index (χ0) is 16.4. The van der Waals surface area contributed by atoms with E-state index >= 15 is 0 Å². The lowest BCUT2D eigenvalue weighted by Crippen LogP contribution is -2.41. The number of hydrogen-bond donors (Lipinski definition) is 1. The van der Waals surface area contributed by atoms with Gasteiger partial charge >= 0.3 is 0 Å². The number of allylic oxidation sites excluding steroid dienone is 1. The summed E-state index contributed by atoms with van der Waals surface area (Å²) in [6.45, 7) is 3.66. The first-order valence-electron chi connectivity index (χ1n) is 7.45. The summed E-state index contributed by atoms with van der Waals surface area (Å²) in [6, 6.07) is 18.5. The van der Waals surface area contributed by atoms with Crippen molar-refractivity contribution in [1.29, 1.82) is 0 Å². The van der Waals surface area contributed by atoms with Crippen molar-refractivity contribution in [1.82, 2.24) is 5.06 Å². The molecule has 0 amide bonds. The van der Waals surface area contributed by atoms with Gasteiger partial charge in [0.2, 0.25) is 0 Å². The van der Waals surface area contributed by atoms with Crippen LogP contribution in [0.15, 0.2) is 77.4 Å². The minimum Gasteiger partial charge on any atom is -0.289 e. The fourth-order valence-electron chi connectivity index (χ4n) is 2.46. The van der Waals surface area contributed by atoms with Gasteiger partial charge in [0.1, 0.15) is 5.54 Å². The maximum atomic E-state index is 12.4. The second-order valence-electron chi connectivity index (χ2n) is 5.93. The molecular weight excluding hydrogens is 288 g/mol. The van der Waals surface area contributed by atoms with Crippen molar-refractivity contribution >= 4 is 11.6 Å². The highest BCUT2D eigenvalue weighted by Gasteiger charge is 2.39. The minimum absolute atomic E-state index is 0.125. The Balaban J connectivity index is 1.99. The van der Waals surface area contributed by atoms with Crippen LogP contribution in [0.2, 0.25) is 0 Å². The molecule has 4 heteroatoms. The van der Waals surface area contributed by atoms with Crippen LogP contribution in [0.25, 0.3) is 0 Å². The zero-order valence-electron chi connectivity index (χ0n) is 13.1. The fourth-order valence-corrected chi connectivity index (χ4v) is 2.46. The first kappa shape index (κ1) is 15.2. The Hall–Kier alpha value is -2.72. The third-order valence-corrected chi connectivity index (χ3v) is 3.94. The monoisotopic (exact) mass is 306 g/mol. The molecule has 0 aliphatic carbocycles. The number of carbonyl (C=O) groups is 1. The second kappa shape index (κ2) is 5.82. The van der Waals surface area contributed by atoms with Gasteiger partial charge < -0.3 is 0 Å². The highest BCUT2D eigenvalue weighted by Crippen LogP contribution is 2.32. The second-order valence-corrected chi connectivity index (χ2v) is 5.93. The Bertz CT molecular complexity index is 778. The molecule has 1 aliphatic rings. The van der Waals surface area contributed by atoms with E-state index in [-0.39, 0.29) is 5.78 Å². The summed E-state index contributed by atoms with van der Waals surface area (Å²) >= 11 is 0. The van der Waals surface area contributed by atoms with E-state index in [9.17, 15) is 10.0 Å². The number of rotatable bonds is 3. The first-order valence-corrected chi connectivity index (χ1v) is 7.45. The van der Waals surface area contributed by atoms with Crippen LogP contribution in [0, 0.1) is 0 Å². The van der Waals surface area contributed by atoms with Gasteiger partial charge in [0.25, 0.3) is 0 Å². The fraction of sp³-hybridized carbons (Fsp3) is 0.158. The predicted molar refractivity (Wildman–Crippen MR) is 89.5 cm³/mol. The van der Waals surface area contributed by atoms with Gasteiger partial charge in [0, 0.05) is 17.2 Å². The first-order chi connectivity index (χ1) is 11.0. The van der Waals surface area contributed by atoms with Crippen LogP contribution >= 0.6 is 0 Å². The summed E-state index contributed by atoms with van der Waals surface area (Å²) in [7, 11) is 0. The number of hydrogen-bond acceptors (Lipinski definition) is 4. The van der Waals surface area contributed by atoms with Gasteiger partial charge in [-0.3, -0.25) is 10.0 Å². The zero-order valence-corrected chi connectivity index (χ0v) is 13.1. The van der Waals surface area contributed by atoms with E-state index in [0.717, 1.165) is 10.6 Å². The molecule has 0 radical (unpaired) electrons.